The Morgan fingerprint density at radius 3 is 2.64 bits per heavy atom. The maximum absolute atomic E-state index is 12.4. The first-order valence-electron chi connectivity index (χ1n) is 10.1. The van der Waals surface area contributed by atoms with Crippen LogP contribution in [0.1, 0.15) is 65.2 Å². The fraction of sp³-hybridized carbons (Fsp3) is 0.905. The number of ketones is 2. The molecule has 0 spiro atoms. The Morgan fingerprint density at radius 2 is 1.92 bits per heavy atom. The molecule has 0 amide bonds. The van der Waals surface area contributed by atoms with Crippen molar-refractivity contribution in [2.75, 3.05) is 6.61 Å². The first-order chi connectivity index (χ1) is 11.8. The summed E-state index contributed by atoms with van der Waals surface area (Å²) in [5.41, 5.74) is 0.236. The summed E-state index contributed by atoms with van der Waals surface area (Å²) in [6.07, 6.45) is 8.02. The number of carbonyl (C=O) groups is 2. The van der Waals surface area contributed by atoms with E-state index in [1.165, 1.54) is 6.42 Å². The Bertz CT molecular complexity index is 590. The minimum atomic E-state index is -0.383. The van der Waals surface area contributed by atoms with E-state index in [1.807, 2.05) is 0 Å². The summed E-state index contributed by atoms with van der Waals surface area (Å²) < 4.78 is 0. The Hall–Kier alpha value is -0.410. The number of Topliss-reactive ketones (excluding diaryl/α,β-unsaturated/α-hetero) is 2. The van der Waals surface area contributed by atoms with Crippen LogP contribution in [0, 0.1) is 40.4 Å². The van der Waals surface area contributed by atoms with Gasteiger partial charge in [0.05, 0.1) is 0 Å². The quantitative estimate of drug-likeness (QED) is 0.751. The third kappa shape index (κ3) is 2.48. The summed E-state index contributed by atoms with van der Waals surface area (Å²) in [6, 6.07) is 0. The van der Waals surface area contributed by atoms with Gasteiger partial charge in [0.25, 0.3) is 0 Å². The predicted octanol–water partition coefficient (Wildman–Crippen LogP) is 3.99. The second-order valence-electron chi connectivity index (χ2n) is 9.80. The molecule has 4 rings (SSSR count). The molecule has 25 heavy (non-hydrogen) atoms. The summed E-state index contributed by atoms with van der Waals surface area (Å²) in [7, 11) is 0. The zero-order chi connectivity index (χ0) is 18.0. The molecule has 4 aliphatic carbocycles. The largest absolute Gasteiger partial charge is 0.389 e. The van der Waals surface area contributed by atoms with Crippen molar-refractivity contribution in [3.63, 3.8) is 0 Å². The molecule has 8 atom stereocenters. The van der Waals surface area contributed by atoms with Gasteiger partial charge in [0.15, 0.2) is 5.78 Å². The highest BCUT2D eigenvalue weighted by atomic mass is 35.5. The molecule has 0 saturated heterocycles. The lowest BCUT2D eigenvalue weighted by Gasteiger charge is -2.60. The second-order valence-corrected chi connectivity index (χ2v) is 10.4. The highest BCUT2D eigenvalue weighted by Gasteiger charge is 2.63. The van der Waals surface area contributed by atoms with Crippen molar-refractivity contribution in [2.45, 2.75) is 70.6 Å². The molecule has 0 aliphatic heterocycles. The van der Waals surface area contributed by atoms with Gasteiger partial charge in [-0.3, -0.25) is 9.59 Å². The first-order valence-corrected chi connectivity index (χ1v) is 10.5. The highest BCUT2D eigenvalue weighted by molar-refractivity contribution is 6.22. The monoisotopic (exact) mass is 366 g/mol. The number of hydrogen-bond acceptors (Lipinski definition) is 3. The lowest BCUT2D eigenvalue weighted by atomic mass is 9.44. The Kier molecular flexibility index (Phi) is 4.35. The van der Waals surface area contributed by atoms with Crippen LogP contribution in [-0.2, 0) is 9.59 Å². The molecule has 0 radical (unpaired) electrons. The van der Waals surface area contributed by atoms with Gasteiger partial charge in [0.1, 0.15) is 12.4 Å². The minimum Gasteiger partial charge on any atom is -0.389 e. The maximum atomic E-state index is 12.4. The Labute approximate surface area is 155 Å². The van der Waals surface area contributed by atoms with E-state index in [0.717, 1.165) is 44.9 Å². The Morgan fingerprint density at radius 1 is 1.16 bits per heavy atom. The first kappa shape index (κ1) is 18.0. The summed E-state index contributed by atoms with van der Waals surface area (Å²) in [6.45, 7) is 4.31. The number of aliphatic hydroxyl groups is 1. The van der Waals surface area contributed by atoms with Crippen LogP contribution < -0.4 is 0 Å². The number of halogens is 1. The molecule has 4 heteroatoms. The molecule has 0 aromatic rings. The van der Waals surface area contributed by atoms with Crippen molar-refractivity contribution in [2.24, 2.45) is 40.4 Å². The summed E-state index contributed by atoms with van der Waals surface area (Å²) in [5, 5.41) is 9.30. The lowest BCUT2D eigenvalue weighted by molar-refractivity contribution is -0.144. The van der Waals surface area contributed by atoms with Crippen LogP contribution in [0.15, 0.2) is 0 Å². The smallest absolute Gasteiger partial charge is 0.163 e. The van der Waals surface area contributed by atoms with E-state index in [-0.39, 0.29) is 29.1 Å². The molecule has 0 heterocycles. The third-order valence-corrected chi connectivity index (χ3v) is 9.40. The van der Waals surface area contributed by atoms with Gasteiger partial charge in [-0.2, -0.15) is 0 Å². The van der Waals surface area contributed by atoms with Crippen molar-refractivity contribution in [3.05, 3.63) is 0 Å². The van der Waals surface area contributed by atoms with Crippen molar-refractivity contribution in [1.82, 2.24) is 0 Å². The summed E-state index contributed by atoms with van der Waals surface area (Å²) in [4.78, 5) is 24.4. The van der Waals surface area contributed by atoms with E-state index in [2.05, 4.69) is 13.8 Å². The average molecular weight is 367 g/mol. The van der Waals surface area contributed by atoms with E-state index >= 15 is 0 Å². The second kappa shape index (κ2) is 6.05. The van der Waals surface area contributed by atoms with Gasteiger partial charge in [0.2, 0.25) is 0 Å². The molecule has 0 unspecified atom stereocenters. The van der Waals surface area contributed by atoms with Crippen LogP contribution >= 0.6 is 11.6 Å². The van der Waals surface area contributed by atoms with Gasteiger partial charge in [-0.05, 0) is 73.0 Å². The normalized spacial score (nSPS) is 52.2. The zero-order valence-electron chi connectivity index (χ0n) is 15.5. The van der Waals surface area contributed by atoms with Crippen LogP contribution in [0.25, 0.3) is 0 Å². The topological polar surface area (TPSA) is 54.4 Å². The number of carbonyl (C=O) groups excluding carboxylic acids is 2. The number of fused-ring (bicyclic) bond motifs is 5. The number of rotatable bonds is 2. The van der Waals surface area contributed by atoms with E-state index in [4.69, 9.17) is 11.6 Å². The van der Waals surface area contributed by atoms with Crippen LogP contribution in [0.3, 0.4) is 0 Å². The highest BCUT2D eigenvalue weighted by Crippen LogP contribution is 2.67. The predicted molar refractivity (Wildman–Crippen MR) is 97.3 cm³/mol. The third-order valence-electron chi connectivity index (χ3n) is 8.97. The van der Waals surface area contributed by atoms with Gasteiger partial charge in [0, 0.05) is 24.1 Å². The van der Waals surface area contributed by atoms with Gasteiger partial charge in [-0.15, -0.1) is 11.6 Å². The molecule has 1 N–H and O–H groups in total. The van der Waals surface area contributed by atoms with Gasteiger partial charge in [-0.1, -0.05) is 13.8 Å². The SMILES string of the molecule is C[C@]12CCC(=O)C[C@H]1CC[C@@H]1[C@@H]2CC[C@@]2(C)[C@H]1C[C@H](Cl)[C@@H]2C(=O)CO. The number of alkyl halides is 1. The van der Waals surface area contributed by atoms with Crippen LogP contribution in [0.4, 0.5) is 0 Å². The van der Waals surface area contributed by atoms with Gasteiger partial charge < -0.3 is 5.11 Å². The van der Waals surface area contributed by atoms with Crippen LogP contribution in [-0.4, -0.2) is 28.7 Å². The summed E-state index contributed by atoms with van der Waals surface area (Å²) in [5.74, 6) is 2.55. The van der Waals surface area contributed by atoms with Crippen LogP contribution in [0.5, 0.6) is 0 Å². The molecular weight excluding hydrogens is 336 g/mol. The molecule has 3 nitrogen and oxygen atoms in total. The van der Waals surface area contributed by atoms with E-state index in [9.17, 15) is 14.7 Å². The van der Waals surface area contributed by atoms with Gasteiger partial charge >= 0.3 is 0 Å². The zero-order valence-corrected chi connectivity index (χ0v) is 16.2. The Balaban J connectivity index is 1.64. The van der Waals surface area contributed by atoms with Crippen LogP contribution in [0.2, 0.25) is 0 Å². The molecule has 4 fully saturated rings. The van der Waals surface area contributed by atoms with Crippen molar-refractivity contribution >= 4 is 23.2 Å². The molecule has 0 bridgehead atoms. The number of hydrogen-bond donors (Lipinski definition) is 1. The molecular formula is C21H31ClO3. The standard InChI is InChI=1S/C21H31ClO3/c1-20-7-5-13(24)9-12(20)3-4-14-15(20)6-8-21(2)16(14)10-17(22)19(21)18(25)11-23/h12,14-17,19,23H,3-11H2,1-2H3/t12-,14-,15+,16+,17+,19-,20+,21+/m1/s1. The molecule has 0 aromatic carbocycles. The average Bonchev–Trinajstić information content (AvgIpc) is 2.85. The number of aliphatic hydroxyl groups excluding tert-OH is 1. The van der Waals surface area contributed by atoms with Crippen molar-refractivity contribution in [3.8, 4) is 0 Å². The minimum absolute atomic E-state index is 0.0545. The van der Waals surface area contributed by atoms with E-state index < -0.39 is 0 Å². The molecule has 0 aromatic heterocycles. The van der Waals surface area contributed by atoms with E-state index in [1.54, 1.807) is 0 Å². The van der Waals surface area contributed by atoms with Gasteiger partial charge in [-0.25, -0.2) is 0 Å². The fourth-order valence-electron chi connectivity index (χ4n) is 7.68. The molecule has 4 aliphatic rings. The summed E-state index contributed by atoms with van der Waals surface area (Å²) >= 11 is 6.66. The molecule has 4 saturated carbocycles. The lowest BCUT2D eigenvalue weighted by Crippen LogP contribution is -2.54. The van der Waals surface area contributed by atoms with Crippen molar-refractivity contribution in [1.29, 1.82) is 0 Å². The van der Waals surface area contributed by atoms with E-state index in [0.29, 0.717) is 34.9 Å². The fourth-order valence-corrected chi connectivity index (χ4v) is 8.30. The van der Waals surface area contributed by atoms with Crippen molar-refractivity contribution < 1.29 is 14.7 Å². The maximum Gasteiger partial charge on any atom is 0.163 e. The molecule has 140 valence electrons.